The number of thiophene rings is 1. The minimum absolute atomic E-state index is 0.389. The molecule has 112 valence electrons. The van der Waals surface area contributed by atoms with Crippen molar-refractivity contribution in [1.29, 1.82) is 0 Å². The molecule has 1 heterocycles. The molecule has 0 spiro atoms. The van der Waals surface area contributed by atoms with Gasteiger partial charge in [0.1, 0.15) is 5.60 Å². The molecule has 0 fully saturated rings. The van der Waals surface area contributed by atoms with Gasteiger partial charge >= 0.3 is 6.09 Å². The highest BCUT2D eigenvalue weighted by Gasteiger charge is 2.15. The lowest BCUT2D eigenvalue weighted by Gasteiger charge is -2.19. The molecule has 2 aromatic rings. The van der Waals surface area contributed by atoms with Gasteiger partial charge in [0.05, 0.1) is 0 Å². The molecule has 0 radical (unpaired) electrons. The van der Waals surface area contributed by atoms with E-state index in [1.807, 2.05) is 32.9 Å². The van der Waals surface area contributed by atoms with E-state index in [9.17, 15) is 4.79 Å². The molecule has 0 aliphatic rings. The third-order valence-electron chi connectivity index (χ3n) is 2.81. The zero-order valence-electron chi connectivity index (χ0n) is 12.7. The number of nitrogens with one attached hydrogen (secondary N) is 1. The number of alkyl carbamates (subject to hydrolysis) is 1. The predicted molar refractivity (Wildman–Crippen MR) is 88.8 cm³/mol. The summed E-state index contributed by atoms with van der Waals surface area (Å²) in [7, 11) is 0. The van der Waals surface area contributed by atoms with Gasteiger partial charge in [0.15, 0.2) is 0 Å². The maximum absolute atomic E-state index is 11.6. The van der Waals surface area contributed by atoms with E-state index in [2.05, 4.69) is 30.1 Å². The van der Waals surface area contributed by atoms with Crippen LogP contribution in [-0.4, -0.2) is 11.7 Å². The van der Waals surface area contributed by atoms with Crippen LogP contribution < -0.4 is 5.32 Å². The molecule has 0 saturated heterocycles. The second-order valence-electron chi connectivity index (χ2n) is 5.93. The van der Waals surface area contributed by atoms with Crippen LogP contribution in [-0.2, 0) is 17.7 Å². The number of ether oxygens (including phenoxy) is 1. The number of fused-ring (bicyclic) bond motifs is 1. The summed E-state index contributed by atoms with van der Waals surface area (Å²) < 4.78 is 6.48. The second kappa shape index (κ2) is 6.31. The van der Waals surface area contributed by atoms with Crippen LogP contribution in [0.5, 0.6) is 0 Å². The molecular formula is C17H21NO2S. The van der Waals surface area contributed by atoms with E-state index < -0.39 is 5.60 Å². The third kappa shape index (κ3) is 4.60. The summed E-state index contributed by atoms with van der Waals surface area (Å²) in [6.45, 7) is 9.79. The van der Waals surface area contributed by atoms with Gasteiger partial charge in [-0.2, -0.15) is 0 Å². The predicted octanol–water partition coefficient (Wildman–Crippen LogP) is 4.65. The highest BCUT2D eigenvalue weighted by molar-refractivity contribution is 7.19. The number of hydrogen-bond donors (Lipinski definition) is 1. The first kappa shape index (κ1) is 15.6. The van der Waals surface area contributed by atoms with E-state index in [0.29, 0.717) is 6.54 Å². The maximum atomic E-state index is 11.6. The lowest BCUT2D eigenvalue weighted by Crippen LogP contribution is -2.32. The van der Waals surface area contributed by atoms with Gasteiger partial charge in [0, 0.05) is 16.1 Å². The Labute approximate surface area is 129 Å². The van der Waals surface area contributed by atoms with Crippen LogP contribution in [0.4, 0.5) is 4.79 Å². The molecule has 1 aromatic carbocycles. The highest BCUT2D eigenvalue weighted by atomic mass is 32.1. The first-order valence-corrected chi connectivity index (χ1v) is 7.78. The van der Waals surface area contributed by atoms with Crippen molar-refractivity contribution in [3.63, 3.8) is 0 Å². The van der Waals surface area contributed by atoms with Crippen LogP contribution in [0.3, 0.4) is 0 Å². The summed E-state index contributed by atoms with van der Waals surface area (Å²) in [4.78, 5) is 12.9. The molecule has 1 amide bonds. The van der Waals surface area contributed by atoms with Crippen molar-refractivity contribution in [2.24, 2.45) is 0 Å². The molecule has 1 aromatic heterocycles. The van der Waals surface area contributed by atoms with Crippen LogP contribution in [0.25, 0.3) is 10.1 Å². The number of carbonyl (C=O) groups is 1. The number of carbonyl (C=O) groups excluding carboxylic acids is 1. The average Bonchev–Trinajstić information content (AvgIpc) is 2.76. The Kier molecular flexibility index (Phi) is 4.68. The van der Waals surface area contributed by atoms with Crippen molar-refractivity contribution in [1.82, 2.24) is 5.32 Å². The number of benzene rings is 1. The quantitative estimate of drug-likeness (QED) is 0.835. The largest absolute Gasteiger partial charge is 0.444 e. The van der Waals surface area contributed by atoms with Gasteiger partial charge in [-0.25, -0.2) is 4.79 Å². The monoisotopic (exact) mass is 303 g/mol. The number of hydrogen-bond acceptors (Lipinski definition) is 3. The van der Waals surface area contributed by atoms with Crippen molar-refractivity contribution in [2.75, 3.05) is 0 Å². The Hall–Kier alpha value is -1.81. The van der Waals surface area contributed by atoms with E-state index in [4.69, 9.17) is 4.74 Å². The highest BCUT2D eigenvalue weighted by Crippen LogP contribution is 2.27. The molecule has 21 heavy (non-hydrogen) atoms. The smallest absolute Gasteiger partial charge is 0.407 e. The number of allylic oxidation sites excluding steroid dienone is 1. The first-order valence-electron chi connectivity index (χ1n) is 6.96. The van der Waals surface area contributed by atoms with Crippen molar-refractivity contribution in [3.05, 3.63) is 47.4 Å². The minimum Gasteiger partial charge on any atom is -0.444 e. The lowest BCUT2D eigenvalue weighted by atomic mass is 10.1. The van der Waals surface area contributed by atoms with Crippen LogP contribution >= 0.6 is 11.3 Å². The second-order valence-corrected chi connectivity index (χ2v) is 7.10. The Morgan fingerprint density at radius 1 is 1.38 bits per heavy atom. The van der Waals surface area contributed by atoms with Gasteiger partial charge in [-0.3, -0.25) is 0 Å². The number of rotatable bonds is 4. The molecule has 0 aliphatic heterocycles. The number of amides is 1. The minimum atomic E-state index is -0.471. The fourth-order valence-electron chi connectivity index (χ4n) is 1.99. The van der Waals surface area contributed by atoms with Crippen LogP contribution in [0, 0.1) is 0 Å². The standard InChI is InChI=1S/C17H21NO2S/c1-5-6-14-10-13-9-12(7-8-15(13)21-14)11-18-16(19)20-17(2,3)4/h5,7-10H,1,6,11H2,2-4H3,(H,18,19). The third-order valence-corrected chi connectivity index (χ3v) is 3.95. The summed E-state index contributed by atoms with van der Waals surface area (Å²) in [6, 6.07) is 8.42. The summed E-state index contributed by atoms with van der Waals surface area (Å²) >= 11 is 1.78. The molecule has 2 rings (SSSR count). The van der Waals surface area contributed by atoms with Crippen LogP contribution in [0.15, 0.2) is 36.9 Å². The van der Waals surface area contributed by atoms with Gasteiger partial charge in [-0.15, -0.1) is 17.9 Å². The van der Waals surface area contributed by atoms with Gasteiger partial charge in [-0.05, 0) is 56.3 Å². The molecule has 0 aliphatic carbocycles. The molecule has 3 nitrogen and oxygen atoms in total. The topological polar surface area (TPSA) is 38.3 Å². The van der Waals surface area contributed by atoms with E-state index >= 15 is 0 Å². The molecule has 4 heteroatoms. The van der Waals surface area contributed by atoms with Gasteiger partial charge in [-0.1, -0.05) is 12.1 Å². The van der Waals surface area contributed by atoms with E-state index in [0.717, 1.165) is 12.0 Å². The zero-order valence-corrected chi connectivity index (χ0v) is 13.5. The SMILES string of the molecule is C=CCc1cc2cc(CNC(=O)OC(C)(C)C)ccc2s1. The normalized spacial score (nSPS) is 11.4. The van der Waals surface area contributed by atoms with Gasteiger partial charge in [0.2, 0.25) is 0 Å². The molecule has 0 atom stereocenters. The van der Waals surface area contributed by atoms with Crippen molar-refractivity contribution < 1.29 is 9.53 Å². The Bertz CT molecular complexity index is 652. The van der Waals surface area contributed by atoms with Crippen LogP contribution in [0.1, 0.15) is 31.2 Å². The Balaban J connectivity index is 2.02. The summed E-state index contributed by atoms with van der Waals surface area (Å²) in [5, 5.41) is 3.99. The Morgan fingerprint density at radius 2 is 2.14 bits per heavy atom. The molecule has 1 N–H and O–H groups in total. The van der Waals surface area contributed by atoms with Gasteiger partial charge in [0.25, 0.3) is 0 Å². The lowest BCUT2D eigenvalue weighted by molar-refractivity contribution is 0.0523. The molecule has 0 saturated carbocycles. The zero-order chi connectivity index (χ0) is 15.5. The van der Waals surface area contributed by atoms with E-state index in [1.54, 1.807) is 11.3 Å². The van der Waals surface area contributed by atoms with Gasteiger partial charge < -0.3 is 10.1 Å². The summed E-state index contributed by atoms with van der Waals surface area (Å²) in [5.74, 6) is 0. The fraction of sp³-hybridized carbons (Fsp3) is 0.353. The Morgan fingerprint density at radius 3 is 2.81 bits per heavy atom. The average molecular weight is 303 g/mol. The van der Waals surface area contributed by atoms with Crippen molar-refractivity contribution in [3.8, 4) is 0 Å². The molecule has 0 bridgehead atoms. The summed E-state index contributed by atoms with van der Waals surface area (Å²) in [6.07, 6.45) is 2.42. The summed E-state index contributed by atoms with van der Waals surface area (Å²) in [5.41, 5.74) is 0.595. The van der Waals surface area contributed by atoms with Crippen molar-refractivity contribution in [2.45, 2.75) is 39.3 Å². The van der Waals surface area contributed by atoms with Crippen molar-refractivity contribution >= 4 is 27.5 Å². The van der Waals surface area contributed by atoms with E-state index in [-0.39, 0.29) is 6.09 Å². The van der Waals surface area contributed by atoms with E-state index in [1.165, 1.54) is 15.0 Å². The first-order chi connectivity index (χ1) is 9.87. The maximum Gasteiger partial charge on any atom is 0.407 e. The van der Waals surface area contributed by atoms with Crippen LogP contribution in [0.2, 0.25) is 0 Å². The molecule has 0 unspecified atom stereocenters. The molecular weight excluding hydrogens is 282 g/mol. The fourth-order valence-corrected chi connectivity index (χ4v) is 3.03.